The van der Waals surface area contributed by atoms with E-state index in [-0.39, 0.29) is 21.0 Å². The van der Waals surface area contributed by atoms with E-state index in [4.69, 9.17) is 5.73 Å². The summed E-state index contributed by atoms with van der Waals surface area (Å²) in [5, 5.41) is 3.07. The standard InChI is InChI=1S/C28H35N5O3S/c1-20-18-28(2,3)33(19-20)27-25(26(29)34)22(15-17-31-27)37(35,36)24-14-9-13-23(32-24)30-16-8-7-12-21-10-5-4-6-11-21/h4-6,9-11,13-15,17,20H,7-8,12,16,18-19H2,1-3H3,(H2,29,34)(H,30,32). The molecule has 9 heteroatoms. The molecule has 3 N–H and O–H groups in total. The first kappa shape index (κ1) is 26.6. The van der Waals surface area contributed by atoms with Crippen molar-refractivity contribution in [1.82, 2.24) is 9.97 Å². The number of hydrogen-bond donors (Lipinski definition) is 2. The molecule has 8 nitrogen and oxygen atoms in total. The Hall–Kier alpha value is -3.46. The fraction of sp³-hybridized carbons (Fsp3) is 0.393. The molecule has 4 rings (SSSR count). The molecule has 1 fully saturated rings. The fourth-order valence-electron chi connectivity index (χ4n) is 5.14. The summed E-state index contributed by atoms with van der Waals surface area (Å²) in [6.45, 7) is 7.56. The van der Waals surface area contributed by atoms with Crippen molar-refractivity contribution in [2.24, 2.45) is 11.7 Å². The predicted octanol–water partition coefficient (Wildman–Crippen LogP) is 4.47. The van der Waals surface area contributed by atoms with Gasteiger partial charge in [-0.05, 0) is 69.2 Å². The maximum atomic E-state index is 13.7. The lowest BCUT2D eigenvalue weighted by atomic mass is 9.97. The van der Waals surface area contributed by atoms with E-state index in [0.29, 0.717) is 30.6 Å². The van der Waals surface area contributed by atoms with Crippen LogP contribution in [0.5, 0.6) is 0 Å². The highest BCUT2D eigenvalue weighted by atomic mass is 32.2. The lowest BCUT2D eigenvalue weighted by molar-refractivity contribution is 0.0997. The molecule has 0 radical (unpaired) electrons. The molecule has 0 aliphatic carbocycles. The van der Waals surface area contributed by atoms with E-state index in [0.717, 1.165) is 25.7 Å². The van der Waals surface area contributed by atoms with Gasteiger partial charge < -0.3 is 16.0 Å². The monoisotopic (exact) mass is 521 g/mol. The van der Waals surface area contributed by atoms with Crippen molar-refractivity contribution in [2.45, 2.75) is 61.9 Å². The first-order valence-electron chi connectivity index (χ1n) is 12.7. The normalized spacial score (nSPS) is 17.1. The Morgan fingerprint density at radius 3 is 2.54 bits per heavy atom. The van der Waals surface area contributed by atoms with Gasteiger partial charge in [0.1, 0.15) is 17.2 Å². The van der Waals surface area contributed by atoms with Crippen LogP contribution in [-0.4, -0.2) is 42.9 Å². The number of primary amides is 1. The van der Waals surface area contributed by atoms with E-state index < -0.39 is 15.7 Å². The highest BCUT2D eigenvalue weighted by Crippen LogP contribution is 2.39. The molecule has 3 aromatic rings. The second-order valence-electron chi connectivity index (χ2n) is 10.3. The predicted molar refractivity (Wildman–Crippen MR) is 146 cm³/mol. The van der Waals surface area contributed by atoms with Crippen LogP contribution in [-0.2, 0) is 16.3 Å². The summed E-state index contributed by atoms with van der Waals surface area (Å²) < 4.78 is 27.4. The van der Waals surface area contributed by atoms with Crippen molar-refractivity contribution in [3.8, 4) is 0 Å². The molecule has 196 valence electrons. The third-order valence-electron chi connectivity index (χ3n) is 6.80. The molecule has 37 heavy (non-hydrogen) atoms. The van der Waals surface area contributed by atoms with Gasteiger partial charge in [-0.25, -0.2) is 18.4 Å². The van der Waals surface area contributed by atoms with Gasteiger partial charge in [-0.15, -0.1) is 0 Å². The third kappa shape index (κ3) is 5.93. The molecular formula is C28H35N5O3S. The van der Waals surface area contributed by atoms with Gasteiger partial charge in [0.25, 0.3) is 5.91 Å². The molecule has 1 atom stereocenters. The van der Waals surface area contributed by atoms with E-state index in [1.807, 2.05) is 23.1 Å². The SMILES string of the molecule is CC1CN(c2nccc(S(=O)(=O)c3cccc(NCCCCc4ccccc4)n3)c2C(N)=O)C(C)(C)C1. The Morgan fingerprint density at radius 2 is 1.86 bits per heavy atom. The summed E-state index contributed by atoms with van der Waals surface area (Å²) in [5.74, 6) is 0.306. The van der Waals surface area contributed by atoms with Crippen molar-refractivity contribution < 1.29 is 13.2 Å². The number of benzene rings is 1. The maximum absolute atomic E-state index is 13.7. The third-order valence-corrected chi connectivity index (χ3v) is 8.49. The molecule has 1 aromatic carbocycles. The molecule has 3 heterocycles. The van der Waals surface area contributed by atoms with E-state index in [1.54, 1.807) is 12.1 Å². The van der Waals surface area contributed by atoms with Crippen LogP contribution in [0, 0.1) is 5.92 Å². The maximum Gasteiger partial charge on any atom is 0.253 e. The lowest BCUT2D eigenvalue weighted by Crippen LogP contribution is -2.40. The topological polar surface area (TPSA) is 118 Å². The minimum absolute atomic E-state index is 0.0919. The van der Waals surface area contributed by atoms with Gasteiger partial charge in [0.05, 0.1) is 4.90 Å². The zero-order valence-corrected chi connectivity index (χ0v) is 22.5. The van der Waals surface area contributed by atoms with Crippen molar-refractivity contribution in [2.75, 3.05) is 23.3 Å². The van der Waals surface area contributed by atoms with Crippen molar-refractivity contribution in [1.29, 1.82) is 0 Å². The number of nitrogens with two attached hydrogens (primary N) is 1. The average molecular weight is 522 g/mol. The Labute approximate surface area is 219 Å². The largest absolute Gasteiger partial charge is 0.370 e. The van der Waals surface area contributed by atoms with E-state index in [1.165, 1.54) is 23.9 Å². The Balaban J connectivity index is 1.54. The quantitative estimate of drug-likeness (QED) is 0.378. The molecule has 1 unspecified atom stereocenters. The van der Waals surface area contributed by atoms with E-state index >= 15 is 0 Å². The number of anilines is 2. The van der Waals surface area contributed by atoms with Crippen LogP contribution in [0.15, 0.2) is 70.7 Å². The highest BCUT2D eigenvalue weighted by Gasteiger charge is 2.40. The fourth-order valence-corrected chi connectivity index (χ4v) is 6.55. The Bertz CT molecular complexity index is 1360. The summed E-state index contributed by atoms with van der Waals surface area (Å²) in [4.78, 5) is 23.2. The summed E-state index contributed by atoms with van der Waals surface area (Å²) in [5.41, 5.74) is 6.66. The second kappa shape index (κ2) is 10.9. The van der Waals surface area contributed by atoms with Gasteiger partial charge in [-0.3, -0.25) is 4.79 Å². The number of pyridine rings is 2. The molecule has 1 saturated heterocycles. The van der Waals surface area contributed by atoms with E-state index in [9.17, 15) is 13.2 Å². The molecule has 2 aromatic heterocycles. The van der Waals surface area contributed by atoms with E-state index in [2.05, 4.69) is 48.2 Å². The van der Waals surface area contributed by atoms with Gasteiger partial charge in [-0.2, -0.15) is 0 Å². The molecule has 0 bridgehead atoms. The van der Waals surface area contributed by atoms with Crippen LogP contribution in [0.25, 0.3) is 0 Å². The molecule has 1 aliphatic rings. The number of hydrogen-bond acceptors (Lipinski definition) is 7. The van der Waals surface area contributed by atoms with Crippen LogP contribution in [0.2, 0.25) is 0 Å². The summed E-state index contributed by atoms with van der Waals surface area (Å²) in [6, 6.07) is 16.4. The number of aryl methyl sites for hydroxylation is 1. The second-order valence-corrected chi connectivity index (χ2v) is 12.2. The molecule has 0 saturated carbocycles. The first-order chi connectivity index (χ1) is 17.6. The molecule has 1 amide bonds. The van der Waals surface area contributed by atoms with Gasteiger partial charge in [0, 0.05) is 24.8 Å². The lowest BCUT2D eigenvalue weighted by Gasteiger charge is -2.33. The number of aromatic nitrogens is 2. The highest BCUT2D eigenvalue weighted by molar-refractivity contribution is 7.91. The summed E-state index contributed by atoms with van der Waals surface area (Å²) in [7, 11) is -4.13. The first-order valence-corrected chi connectivity index (χ1v) is 14.1. The van der Waals surface area contributed by atoms with Crippen LogP contribution in [0.3, 0.4) is 0 Å². The number of nitrogens with zero attached hydrogens (tertiary/aromatic N) is 3. The Kier molecular flexibility index (Phi) is 7.82. The molecular weight excluding hydrogens is 486 g/mol. The average Bonchev–Trinajstić information content (AvgIpc) is 3.15. The van der Waals surface area contributed by atoms with Gasteiger partial charge in [0.15, 0.2) is 5.03 Å². The summed E-state index contributed by atoms with van der Waals surface area (Å²) in [6.07, 6.45) is 5.21. The van der Waals surface area contributed by atoms with Crippen molar-refractivity contribution in [3.63, 3.8) is 0 Å². The Morgan fingerprint density at radius 1 is 1.11 bits per heavy atom. The minimum atomic E-state index is -4.13. The number of sulfone groups is 1. The van der Waals surface area contributed by atoms with Crippen LogP contribution in [0.4, 0.5) is 11.6 Å². The molecule has 1 aliphatic heterocycles. The van der Waals surface area contributed by atoms with Gasteiger partial charge in [-0.1, -0.05) is 43.3 Å². The number of amides is 1. The number of carbonyl (C=O) groups is 1. The zero-order chi connectivity index (χ0) is 26.6. The number of nitrogens with one attached hydrogen (secondary N) is 1. The van der Waals surface area contributed by atoms with Gasteiger partial charge >= 0.3 is 0 Å². The van der Waals surface area contributed by atoms with Crippen molar-refractivity contribution >= 4 is 27.4 Å². The number of carbonyl (C=O) groups excluding carboxylic acids is 1. The number of unbranched alkanes of at least 4 members (excludes halogenated alkanes) is 1. The summed E-state index contributed by atoms with van der Waals surface area (Å²) >= 11 is 0. The minimum Gasteiger partial charge on any atom is -0.370 e. The van der Waals surface area contributed by atoms with Crippen LogP contribution >= 0.6 is 0 Å². The zero-order valence-electron chi connectivity index (χ0n) is 21.6. The smallest absolute Gasteiger partial charge is 0.253 e. The van der Waals surface area contributed by atoms with Gasteiger partial charge in [0.2, 0.25) is 9.84 Å². The van der Waals surface area contributed by atoms with Crippen molar-refractivity contribution in [3.05, 3.63) is 71.9 Å². The molecule has 0 spiro atoms. The van der Waals surface area contributed by atoms with Crippen LogP contribution in [0.1, 0.15) is 56.0 Å². The van der Waals surface area contributed by atoms with Crippen LogP contribution < -0.4 is 16.0 Å². The number of rotatable bonds is 10.